The van der Waals surface area contributed by atoms with Crippen LogP contribution in [0.5, 0.6) is 0 Å². The average Bonchev–Trinajstić information content (AvgIpc) is 2.92. The quantitative estimate of drug-likeness (QED) is 0.885. The number of ether oxygens (including phenoxy) is 1. The lowest BCUT2D eigenvalue weighted by molar-refractivity contribution is 0.176. The van der Waals surface area contributed by atoms with E-state index in [1.807, 2.05) is 0 Å². The van der Waals surface area contributed by atoms with Crippen molar-refractivity contribution >= 4 is 0 Å². The Balaban J connectivity index is 2.28. The molecule has 0 saturated carbocycles. The summed E-state index contributed by atoms with van der Waals surface area (Å²) in [5.41, 5.74) is 0.769. The fraction of sp³-hybridized carbons (Fsp3) is 0.600. The van der Waals surface area contributed by atoms with Crippen molar-refractivity contribution in [3.05, 3.63) is 34.9 Å². The zero-order valence-corrected chi connectivity index (χ0v) is 11.5. The van der Waals surface area contributed by atoms with E-state index in [0.29, 0.717) is 24.3 Å². The molecule has 0 aliphatic carbocycles. The van der Waals surface area contributed by atoms with Gasteiger partial charge in [0.1, 0.15) is 0 Å². The second kappa shape index (κ2) is 6.44. The highest BCUT2D eigenvalue weighted by Gasteiger charge is 2.29. The van der Waals surface area contributed by atoms with Gasteiger partial charge in [0.15, 0.2) is 11.6 Å². The van der Waals surface area contributed by atoms with Crippen LogP contribution in [0.4, 0.5) is 8.78 Å². The molecule has 1 heterocycles. The Morgan fingerprint density at radius 1 is 1.37 bits per heavy atom. The number of aryl methyl sites for hydroxylation is 1. The van der Waals surface area contributed by atoms with Crippen molar-refractivity contribution in [1.82, 2.24) is 5.32 Å². The standard InChI is InChI=1S/C15H21F2NO/c1-3-7-18-15(11-6-8-19-9-11)12-5-4-10(2)13(16)14(12)17/h4-5,11,15,18H,3,6-9H2,1-2H3. The lowest BCUT2D eigenvalue weighted by Crippen LogP contribution is -2.30. The van der Waals surface area contributed by atoms with Crippen LogP contribution in [0.1, 0.15) is 36.9 Å². The fourth-order valence-electron chi connectivity index (χ4n) is 2.55. The van der Waals surface area contributed by atoms with Crippen molar-refractivity contribution in [2.24, 2.45) is 5.92 Å². The van der Waals surface area contributed by atoms with Crippen LogP contribution >= 0.6 is 0 Å². The smallest absolute Gasteiger partial charge is 0.163 e. The Hall–Kier alpha value is -1.00. The maximum absolute atomic E-state index is 14.1. The molecule has 2 unspecified atom stereocenters. The van der Waals surface area contributed by atoms with E-state index in [0.717, 1.165) is 19.4 Å². The molecule has 0 aromatic heterocycles. The second-order valence-electron chi connectivity index (χ2n) is 5.16. The minimum absolute atomic E-state index is 0.169. The van der Waals surface area contributed by atoms with E-state index in [1.165, 1.54) is 0 Å². The number of halogens is 2. The molecule has 0 radical (unpaired) electrons. The van der Waals surface area contributed by atoms with Gasteiger partial charge in [-0.3, -0.25) is 0 Å². The Labute approximate surface area is 113 Å². The van der Waals surface area contributed by atoms with Gasteiger partial charge in [0.05, 0.1) is 6.61 Å². The highest BCUT2D eigenvalue weighted by molar-refractivity contribution is 5.28. The minimum atomic E-state index is -0.736. The first-order valence-electron chi connectivity index (χ1n) is 6.90. The van der Waals surface area contributed by atoms with Gasteiger partial charge >= 0.3 is 0 Å². The summed E-state index contributed by atoms with van der Waals surface area (Å²) >= 11 is 0. The van der Waals surface area contributed by atoms with E-state index < -0.39 is 11.6 Å². The first kappa shape index (κ1) is 14.4. The molecule has 19 heavy (non-hydrogen) atoms. The third kappa shape index (κ3) is 3.12. The van der Waals surface area contributed by atoms with Crippen molar-refractivity contribution in [1.29, 1.82) is 0 Å². The molecule has 106 valence electrons. The number of hydrogen-bond donors (Lipinski definition) is 1. The van der Waals surface area contributed by atoms with Gasteiger partial charge in [-0.25, -0.2) is 8.78 Å². The van der Waals surface area contributed by atoms with Gasteiger partial charge in [-0.2, -0.15) is 0 Å². The highest BCUT2D eigenvalue weighted by Crippen LogP contribution is 2.31. The summed E-state index contributed by atoms with van der Waals surface area (Å²) in [5, 5.41) is 3.33. The lowest BCUT2D eigenvalue weighted by Gasteiger charge is -2.25. The zero-order valence-electron chi connectivity index (χ0n) is 11.5. The van der Waals surface area contributed by atoms with Crippen LogP contribution in [0.25, 0.3) is 0 Å². The number of hydrogen-bond acceptors (Lipinski definition) is 2. The van der Waals surface area contributed by atoms with Crippen molar-refractivity contribution in [3.63, 3.8) is 0 Å². The van der Waals surface area contributed by atoms with Crippen molar-refractivity contribution in [2.75, 3.05) is 19.8 Å². The predicted octanol–water partition coefficient (Wildman–Crippen LogP) is 3.35. The van der Waals surface area contributed by atoms with Crippen LogP contribution in [0.2, 0.25) is 0 Å². The average molecular weight is 269 g/mol. The van der Waals surface area contributed by atoms with Gasteiger partial charge in [-0.05, 0) is 31.9 Å². The molecular formula is C15H21F2NO. The predicted molar refractivity (Wildman–Crippen MR) is 71.1 cm³/mol. The summed E-state index contributed by atoms with van der Waals surface area (Å²) in [6.07, 6.45) is 1.84. The van der Waals surface area contributed by atoms with Crippen LogP contribution in [-0.4, -0.2) is 19.8 Å². The van der Waals surface area contributed by atoms with E-state index in [9.17, 15) is 8.78 Å². The van der Waals surface area contributed by atoms with Gasteiger partial charge in [-0.1, -0.05) is 19.1 Å². The van der Waals surface area contributed by atoms with Crippen LogP contribution < -0.4 is 5.32 Å². The Bertz CT molecular complexity index is 430. The maximum atomic E-state index is 14.1. The van der Waals surface area contributed by atoms with Crippen LogP contribution in [-0.2, 0) is 4.74 Å². The van der Waals surface area contributed by atoms with E-state index in [2.05, 4.69) is 12.2 Å². The molecule has 1 aromatic carbocycles. The Morgan fingerprint density at radius 3 is 2.79 bits per heavy atom. The molecule has 2 nitrogen and oxygen atoms in total. The largest absolute Gasteiger partial charge is 0.381 e. The molecular weight excluding hydrogens is 248 g/mol. The van der Waals surface area contributed by atoms with E-state index in [4.69, 9.17) is 4.74 Å². The van der Waals surface area contributed by atoms with Gasteiger partial charge in [0.2, 0.25) is 0 Å². The maximum Gasteiger partial charge on any atom is 0.163 e. The molecule has 1 aromatic rings. The van der Waals surface area contributed by atoms with Gasteiger partial charge < -0.3 is 10.1 Å². The molecule has 4 heteroatoms. The molecule has 0 amide bonds. The first-order chi connectivity index (χ1) is 9.15. The van der Waals surface area contributed by atoms with Crippen molar-refractivity contribution in [3.8, 4) is 0 Å². The Kier molecular flexibility index (Phi) is 4.88. The number of nitrogens with one attached hydrogen (secondary N) is 1. The molecule has 1 aliphatic heterocycles. The highest BCUT2D eigenvalue weighted by atomic mass is 19.2. The topological polar surface area (TPSA) is 21.3 Å². The van der Waals surface area contributed by atoms with Crippen LogP contribution in [0.15, 0.2) is 12.1 Å². The van der Waals surface area contributed by atoms with Crippen molar-refractivity contribution < 1.29 is 13.5 Å². The number of rotatable bonds is 5. The summed E-state index contributed by atoms with van der Waals surface area (Å²) in [6, 6.07) is 3.17. The normalized spacial score (nSPS) is 20.7. The molecule has 1 N–H and O–H groups in total. The Morgan fingerprint density at radius 2 is 2.16 bits per heavy atom. The van der Waals surface area contributed by atoms with Crippen LogP contribution in [0, 0.1) is 24.5 Å². The van der Waals surface area contributed by atoms with Gasteiger partial charge in [-0.15, -0.1) is 0 Å². The monoisotopic (exact) mass is 269 g/mol. The van der Waals surface area contributed by atoms with Crippen LogP contribution in [0.3, 0.4) is 0 Å². The van der Waals surface area contributed by atoms with Crippen molar-refractivity contribution in [2.45, 2.75) is 32.7 Å². The summed E-state index contributed by atoms with van der Waals surface area (Å²) in [5.74, 6) is -1.25. The minimum Gasteiger partial charge on any atom is -0.381 e. The van der Waals surface area contributed by atoms with E-state index >= 15 is 0 Å². The molecule has 1 aliphatic rings. The molecule has 2 atom stereocenters. The third-order valence-electron chi connectivity index (χ3n) is 3.69. The van der Waals surface area contributed by atoms with Gasteiger partial charge in [0.25, 0.3) is 0 Å². The molecule has 1 saturated heterocycles. The molecule has 1 fully saturated rings. The summed E-state index contributed by atoms with van der Waals surface area (Å²) in [6.45, 7) is 5.73. The summed E-state index contributed by atoms with van der Waals surface area (Å²) < 4.78 is 33.2. The molecule has 0 bridgehead atoms. The molecule has 2 rings (SSSR count). The first-order valence-corrected chi connectivity index (χ1v) is 6.90. The van der Waals surface area contributed by atoms with Gasteiger partial charge in [0, 0.05) is 24.1 Å². The zero-order chi connectivity index (χ0) is 13.8. The van der Waals surface area contributed by atoms with E-state index in [-0.39, 0.29) is 12.0 Å². The fourth-order valence-corrected chi connectivity index (χ4v) is 2.55. The lowest BCUT2D eigenvalue weighted by atomic mass is 9.91. The summed E-state index contributed by atoms with van der Waals surface area (Å²) in [4.78, 5) is 0. The number of benzene rings is 1. The SMILES string of the molecule is CCCNC(c1ccc(C)c(F)c1F)C1CCOC1. The molecule has 0 spiro atoms. The third-order valence-corrected chi connectivity index (χ3v) is 3.69. The summed E-state index contributed by atoms with van der Waals surface area (Å²) in [7, 11) is 0. The van der Waals surface area contributed by atoms with E-state index in [1.54, 1.807) is 19.1 Å². The second-order valence-corrected chi connectivity index (χ2v) is 5.16.